The van der Waals surface area contributed by atoms with Crippen LogP contribution in [0, 0.1) is 17.2 Å². The molecule has 2 unspecified atom stereocenters. The molecule has 1 saturated heterocycles. The van der Waals surface area contributed by atoms with Crippen LogP contribution in [0.25, 0.3) is 0 Å². The van der Waals surface area contributed by atoms with Crippen LogP contribution >= 0.6 is 0 Å². The Bertz CT molecular complexity index is 263. The van der Waals surface area contributed by atoms with Gasteiger partial charge in [0.2, 0.25) is 0 Å². The number of nitriles is 1. The van der Waals surface area contributed by atoms with Gasteiger partial charge >= 0.3 is 0 Å². The Morgan fingerprint density at radius 1 is 1.27 bits per heavy atom. The van der Waals surface area contributed by atoms with Crippen molar-refractivity contribution in [3.05, 3.63) is 0 Å². The first-order valence-corrected chi connectivity index (χ1v) is 6.01. The van der Waals surface area contributed by atoms with Crippen LogP contribution in [0.4, 0.5) is 0 Å². The summed E-state index contributed by atoms with van der Waals surface area (Å²) >= 11 is 0. The molecular weight excluding hydrogens is 186 g/mol. The molecule has 3 heteroatoms. The number of likely N-dealkylation sites (N-methyl/N-ethyl adjacent to an activating group) is 1. The lowest BCUT2D eigenvalue weighted by Crippen LogP contribution is -2.54. The molecule has 1 heterocycles. The Labute approximate surface area is 92.7 Å². The first kappa shape index (κ1) is 10.9. The summed E-state index contributed by atoms with van der Waals surface area (Å²) in [6.07, 6.45) is 3.38. The molecule has 0 N–H and O–H groups in total. The molecule has 0 amide bonds. The maximum absolute atomic E-state index is 9.45. The van der Waals surface area contributed by atoms with Gasteiger partial charge in [-0.15, -0.1) is 0 Å². The number of hydrogen-bond acceptors (Lipinski definition) is 3. The summed E-state index contributed by atoms with van der Waals surface area (Å²) < 4.78 is 0. The lowest BCUT2D eigenvalue weighted by atomic mass is 9.95. The third kappa shape index (κ3) is 2.02. The van der Waals surface area contributed by atoms with Crippen LogP contribution in [-0.4, -0.2) is 48.6 Å². The lowest BCUT2D eigenvalue weighted by Gasteiger charge is -2.41. The van der Waals surface area contributed by atoms with Crippen molar-refractivity contribution in [3.63, 3.8) is 0 Å². The van der Waals surface area contributed by atoms with E-state index in [2.05, 4.69) is 29.8 Å². The molecule has 0 radical (unpaired) electrons. The van der Waals surface area contributed by atoms with Crippen molar-refractivity contribution in [3.8, 4) is 6.07 Å². The van der Waals surface area contributed by atoms with Crippen molar-refractivity contribution >= 4 is 0 Å². The van der Waals surface area contributed by atoms with Crippen molar-refractivity contribution < 1.29 is 0 Å². The van der Waals surface area contributed by atoms with Crippen LogP contribution in [0.5, 0.6) is 0 Å². The molecule has 0 aromatic rings. The standard InChI is InChI=1S/C12H21N3/c1-11-3-4-12(9-11,10-13)15-7-5-14(2)6-8-15/h11H,3-9H2,1-2H3. The number of hydrogen-bond donors (Lipinski definition) is 0. The predicted molar refractivity (Wildman–Crippen MR) is 60.4 cm³/mol. The maximum Gasteiger partial charge on any atom is 0.109 e. The molecule has 1 saturated carbocycles. The van der Waals surface area contributed by atoms with Gasteiger partial charge in [-0.05, 0) is 32.2 Å². The molecule has 3 nitrogen and oxygen atoms in total. The third-order valence-corrected chi connectivity index (χ3v) is 4.05. The van der Waals surface area contributed by atoms with Crippen LogP contribution in [0.1, 0.15) is 26.2 Å². The topological polar surface area (TPSA) is 30.3 Å². The van der Waals surface area contributed by atoms with Crippen molar-refractivity contribution in [2.24, 2.45) is 5.92 Å². The quantitative estimate of drug-likeness (QED) is 0.649. The van der Waals surface area contributed by atoms with Crippen LogP contribution < -0.4 is 0 Å². The Balaban J connectivity index is 2.04. The van der Waals surface area contributed by atoms with Crippen LogP contribution in [0.2, 0.25) is 0 Å². The minimum atomic E-state index is -0.124. The van der Waals surface area contributed by atoms with E-state index in [0.717, 1.165) is 44.9 Å². The highest BCUT2D eigenvalue weighted by atomic mass is 15.3. The molecule has 0 aromatic carbocycles. The highest BCUT2D eigenvalue weighted by Crippen LogP contribution is 2.38. The van der Waals surface area contributed by atoms with E-state index in [4.69, 9.17) is 0 Å². The molecular formula is C12H21N3. The molecule has 2 aliphatic rings. The second-order valence-electron chi connectivity index (χ2n) is 5.28. The van der Waals surface area contributed by atoms with Crippen molar-refractivity contribution in [2.45, 2.75) is 31.7 Å². The Kier molecular flexibility index (Phi) is 2.99. The Morgan fingerprint density at radius 3 is 2.40 bits per heavy atom. The third-order valence-electron chi connectivity index (χ3n) is 4.05. The smallest absolute Gasteiger partial charge is 0.109 e. The fraction of sp³-hybridized carbons (Fsp3) is 0.917. The average molecular weight is 207 g/mol. The van der Waals surface area contributed by atoms with E-state index in [-0.39, 0.29) is 5.54 Å². The Hall–Kier alpha value is -0.590. The minimum Gasteiger partial charge on any atom is -0.304 e. The second kappa shape index (κ2) is 4.11. The van der Waals surface area contributed by atoms with Crippen LogP contribution in [0.15, 0.2) is 0 Å². The summed E-state index contributed by atoms with van der Waals surface area (Å²) in [7, 11) is 2.16. The SMILES string of the molecule is CC1CCC(C#N)(N2CCN(C)CC2)C1. The van der Waals surface area contributed by atoms with E-state index in [0.29, 0.717) is 0 Å². The second-order valence-corrected chi connectivity index (χ2v) is 5.28. The van der Waals surface area contributed by atoms with E-state index in [9.17, 15) is 5.26 Å². The number of rotatable bonds is 1. The molecule has 15 heavy (non-hydrogen) atoms. The van der Waals surface area contributed by atoms with Crippen LogP contribution in [0.3, 0.4) is 0 Å². The molecule has 0 spiro atoms. The summed E-state index contributed by atoms with van der Waals surface area (Å²) in [6, 6.07) is 2.60. The van der Waals surface area contributed by atoms with Gasteiger partial charge in [-0.2, -0.15) is 5.26 Å². The van der Waals surface area contributed by atoms with Crippen molar-refractivity contribution in [1.82, 2.24) is 9.80 Å². The van der Waals surface area contributed by atoms with E-state index in [1.807, 2.05) is 0 Å². The van der Waals surface area contributed by atoms with Gasteiger partial charge in [-0.1, -0.05) is 6.92 Å². The fourth-order valence-electron chi connectivity index (χ4n) is 2.96. The summed E-state index contributed by atoms with van der Waals surface area (Å²) in [6.45, 7) is 6.62. The van der Waals surface area contributed by atoms with Gasteiger partial charge in [-0.25, -0.2) is 0 Å². The largest absolute Gasteiger partial charge is 0.304 e. The zero-order valence-corrected chi connectivity index (χ0v) is 9.87. The normalized spacial score (nSPS) is 39.1. The molecule has 1 aliphatic heterocycles. The average Bonchev–Trinajstić information content (AvgIpc) is 2.62. The van der Waals surface area contributed by atoms with E-state index >= 15 is 0 Å². The summed E-state index contributed by atoms with van der Waals surface area (Å²) in [5, 5.41) is 9.45. The monoisotopic (exact) mass is 207 g/mol. The zero-order chi connectivity index (χ0) is 10.9. The highest BCUT2D eigenvalue weighted by Gasteiger charge is 2.43. The molecule has 2 atom stereocenters. The minimum absolute atomic E-state index is 0.124. The van der Waals surface area contributed by atoms with Crippen molar-refractivity contribution in [1.29, 1.82) is 5.26 Å². The van der Waals surface area contributed by atoms with Gasteiger partial charge in [0, 0.05) is 26.2 Å². The molecule has 0 bridgehead atoms. The number of piperazine rings is 1. The summed E-state index contributed by atoms with van der Waals surface area (Å²) in [5.41, 5.74) is -0.124. The molecule has 2 fully saturated rings. The number of nitrogens with zero attached hydrogens (tertiary/aromatic N) is 3. The van der Waals surface area contributed by atoms with Gasteiger partial charge in [0.15, 0.2) is 0 Å². The fourth-order valence-corrected chi connectivity index (χ4v) is 2.96. The van der Waals surface area contributed by atoms with E-state index in [1.54, 1.807) is 0 Å². The molecule has 1 aliphatic carbocycles. The molecule has 0 aromatic heterocycles. The van der Waals surface area contributed by atoms with Crippen LogP contribution in [-0.2, 0) is 0 Å². The molecule has 2 rings (SSSR count). The highest BCUT2D eigenvalue weighted by molar-refractivity contribution is 5.12. The van der Waals surface area contributed by atoms with Crippen molar-refractivity contribution in [2.75, 3.05) is 33.2 Å². The lowest BCUT2D eigenvalue weighted by molar-refractivity contribution is 0.0750. The maximum atomic E-state index is 9.45. The zero-order valence-electron chi connectivity index (χ0n) is 9.87. The predicted octanol–water partition coefficient (Wildman–Crippen LogP) is 1.32. The molecule has 84 valence electrons. The van der Waals surface area contributed by atoms with Gasteiger partial charge in [0.1, 0.15) is 5.54 Å². The van der Waals surface area contributed by atoms with E-state index in [1.165, 1.54) is 6.42 Å². The first-order valence-electron chi connectivity index (χ1n) is 6.01. The summed E-state index contributed by atoms with van der Waals surface area (Å²) in [5.74, 6) is 0.726. The van der Waals surface area contributed by atoms with Gasteiger partial charge < -0.3 is 4.90 Å². The Morgan fingerprint density at radius 2 is 1.93 bits per heavy atom. The first-order chi connectivity index (χ1) is 7.16. The van der Waals surface area contributed by atoms with Gasteiger partial charge in [-0.3, -0.25) is 4.90 Å². The van der Waals surface area contributed by atoms with E-state index < -0.39 is 0 Å². The van der Waals surface area contributed by atoms with Gasteiger partial charge in [0.25, 0.3) is 0 Å². The van der Waals surface area contributed by atoms with Gasteiger partial charge in [0.05, 0.1) is 6.07 Å². The summed E-state index contributed by atoms with van der Waals surface area (Å²) in [4.78, 5) is 4.77.